The minimum Gasteiger partial charge on any atom is -0.298 e. The number of hydrogen-bond acceptors (Lipinski definition) is 4. The van der Waals surface area contributed by atoms with Gasteiger partial charge < -0.3 is 0 Å². The number of nitrogens with zero attached hydrogens (tertiary/aromatic N) is 4. The molecule has 0 radical (unpaired) electrons. The van der Waals surface area contributed by atoms with Gasteiger partial charge in [-0.05, 0) is 77.4 Å². The summed E-state index contributed by atoms with van der Waals surface area (Å²) in [5, 5.41) is 5.44. The average molecular weight is 691 g/mol. The second-order valence-corrected chi connectivity index (χ2v) is 14.7. The summed E-state index contributed by atoms with van der Waals surface area (Å²) in [5.41, 5.74) is 7.89. The zero-order valence-corrected chi connectivity index (χ0v) is 29.2. The van der Waals surface area contributed by atoms with Gasteiger partial charge >= 0.3 is 0 Å². The Morgan fingerprint density at radius 2 is 1.32 bits per heavy atom. The normalized spacial score (nSPS) is 11.7. The second kappa shape index (κ2) is 13.9. The fourth-order valence-electron chi connectivity index (χ4n) is 6.69. The number of pyridine rings is 1. The van der Waals surface area contributed by atoms with E-state index in [4.69, 9.17) is 10.1 Å². The van der Waals surface area contributed by atoms with Crippen LogP contribution in [0.25, 0.3) is 38.6 Å². The van der Waals surface area contributed by atoms with Crippen LogP contribution in [0, 0.1) is 5.82 Å². The Morgan fingerprint density at radius 3 is 1.94 bits per heavy atom. The fraction of sp³-hybridized carbons (Fsp3) is 0.116. The van der Waals surface area contributed by atoms with Crippen molar-refractivity contribution >= 4 is 28.7 Å². The summed E-state index contributed by atoms with van der Waals surface area (Å²) in [6.07, 6.45) is 8.67. The molecule has 4 heterocycles. The van der Waals surface area contributed by atoms with Gasteiger partial charge in [0.15, 0.2) is 0 Å². The quantitative estimate of drug-likeness (QED) is 0.0770. The molecule has 0 aliphatic heterocycles. The molecule has 0 aliphatic carbocycles. The van der Waals surface area contributed by atoms with Crippen LogP contribution >= 0.6 is 23.1 Å². The highest BCUT2D eigenvalue weighted by Crippen LogP contribution is 2.43. The predicted octanol–water partition coefficient (Wildman–Crippen LogP) is 11.5. The summed E-state index contributed by atoms with van der Waals surface area (Å²) in [5.74, 6) is 0.843. The lowest BCUT2D eigenvalue weighted by atomic mass is 9.77. The average Bonchev–Trinajstić information content (AvgIpc) is 3.93. The van der Waals surface area contributed by atoms with E-state index in [1.165, 1.54) is 34.1 Å². The summed E-state index contributed by atoms with van der Waals surface area (Å²) < 4.78 is 19.9. The number of hydrogen-bond donors (Lipinski definition) is 0. The largest absolute Gasteiger partial charge is 0.298 e. The van der Waals surface area contributed by atoms with E-state index < -0.39 is 5.54 Å². The van der Waals surface area contributed by atoms with Gasteiger partial charge in [0.2, 0.25) is 0 Å². The van der Waals surface area contributed by atoms with E-state index in [0.29, 0.717) is 0 Å². The molecule has 0 atom stereocenters. The molecule has 0 N–H and O–H groups in total. The Bertz CT molecular complexity index is 2250. The van der Waals surface area contributed by atoms with Crippen LogP contribution in [0.3, 0.4) is 0 Å². The smallest absolute Gasteiger partial charge is 0.138 e. The van der Waals surface area contributed by atoms with Gasteiger partial charge in [0.1, 0.15) is 22.7 Å². The standard InChI is InChI=1S/C43H35FN4S2/c1-2-3-27-49-41-26-24-39(50-41)38-28-45-40-25-21-32(29-47(38)40)37-30-48(46-42(37)31-19-22-36(44)23-20-31)43(33-13-7-4-8-14-33,34-15-9-5-10-16-34)35-17-11-6-12-18-35/h4-26,28-30H,2-3,27H2,1H3. The maximum absolute atomic E-state index is 14.3. The molecule has 0 amide bonds. The third-order valence-electron chi connectivity index (χ3n) is 9.14. The van der Waals surface area contributed by atoms with Crippen molar-refractivity contribution in [2.75, 3.05) is 5.75 Å². The zero-order chi connectivity index (χ0) is 33.9. The van der Waals surface area contributed by atoms with E-state index in [1.54, 1.807) is 0 Å². The maximum Gasteiger partial charge on any atom is 0.138 e. The van der Waals surface area contributed by atoms with Crippen LogP contribution < -0.4 is 0 Å². The molecule has 0 aliphatic rings. The highest BCUT2D eigenvalue weighted by atomic mass is 32.2. The Kier molecular flexibility index (Phi) is 8.92. The Balaban J connectivity index is 1.35. The Hall–Kier alpha value is -5.24. The van der Waals surface area contributed by atoms with Gasteiger partial charge in [0.25, 0.3) is 0 Å². The number of halogens is 1. The van der Waals surface area contributed by atoms with E-state index in [-0.39, 0.29) is 5.82 Å². The molecule has 0 spiro atoms. The van der Waals surface area contributed by atoms with Crippen LogP contribution in [0.5, 0.6) is 0 Å². The van der Waals surface area contributed by atoms with Crippen molar-refractivity contribution in [3.8, 4) is 33.0 Å². The first-order valence-corrected chi connectivity index (χ1v) is 18.7. The molecule has 0 saturated heterocycles. The lowest BCUT2D eigenvalue weighted by molar-refractivity contribution is 0.461. The molecular weight excluding hydrogens is 656 g/mol. The summed E-state index contributed by atoms with van der Waals surface area (Å²) in [6.45, 7) is 2.23. The van der Waals surface area contributed by atoms with Gasteiger partial charge in [-0.3, -0.25) is 9.08 Å². The van der Waals surface area contributed by atoms with Crippen LogP contribution in [0.15, 0.2) is 162 Å². The molecule has 0 fully saturated rings. The second-order valence-electron chi connectivity index (χ2n) is 12.3. The van der Waals surface area contributed by atoms with Gasteiger partial charge in [-0.2, -0.15) is 5.10 Å². The van der Waals surface area contributed by atoms with Crippen LogP contribution in [0.2, 0.25) is 0 Å². The summed E-state index contributed by atoms with van der Waals surface area (Å²) >= 11 is 3.73. The van der Waals surface area contributed by atoms with Crippen LogP contribution in [0.4, 0.5) is 4.39 Å². The Labute approximate surface area is 299 Å². The molecule has 4 aromatic heterocycles. The molecule has 0 bridgehead atoms. The number of aromatic nitrogens is 4. The fourth-order valence-corrected chi connectivity index (χ4v) is 8.99. The number of imidazole rings is 1. The third-order valence-corrected chi connectivity index (χ3v) is 11.6. The van der Waals surface area contributed by atoms with Crippen molar-refractivity contribution in [3.63, 3.8) is 0 Å². The van der Waals surface area contributed by atoms with Crippen molar-refractivity contribution in [3.05, 3.63) is 181 Å². The van der Waals surface area contributed by atoms with Crippen LogP contribution in [-0.4, -0.2) is 24.9 Å². The monoisotopic (exact) mass is 690 g/mol. The van der Waals surface area contributed by atoms with E-state index in [2.05, 4.69) is 125 Å². The van der Waals surface area contributed by atoms with E-state index in [9.17, 15) is 4.39 Å². The number of thioether (sulfide) groups is 1. The van der Waals surface area contributed by atoms with Gasteiger partial charge in [0.05, 0.1) is 21.0 Å². The molecule has 0 unspecified atom stereocenters. The van der Waals surface area contributed by atoms with Crippen LogP contribution in [-0.2, 0) is 5.54 Å². The molecule has 8 aromatic rings. The molecule has 7 heteroatoms. The number of benzene rings is 4. The molecule has 0 saturated carbocycles. The maximum atomic E-state index is 14.3. The molecular formula is C43H35FN4S2. The van der Waals surface area contributed by atoms with E-state index in [0.717, 1.165) is 56.2 Å². The predicted molar refractivity (Wildman–Crippen MR) is 205 cm³/mol. The number of rotatable bonds is 11. The molecule has 4 aromatic carbocycles. The number of fused-ring (bicyclic) bond motifs is 1. The van der Waals surface area contributed by atoms with E-state index in [1.807, 2.05) is 59.6 Å². The van der Waals surface area contributed by atoms with Gasteiger partial charge in [0, 0.05) is 29.1 Å². The third kappa shape index (κ3) is 5.86. The topological polar surface area (TPSA) is 35.1 Å². The first kappa shape index (κ1) is 32.0. The minimum absolute atomic E-state index is 0.283. The summed E-state index contributed by atoms with van der Waals surface area (Å²) in [6, 6.07) is 46.8. The highest BCUT2D eigenvalue weighted by molar-refractivity contribution is 8.01. The molecule has 50 heavy (non-hydrogen) atoms. The number of unbranched alkanes of at least 4 members (excludes halogenated alkanes) is 1. The first-order valence-electron chi connectivity index (χ1n) is 16.9. The summed E-state index contributed by atoms with van der Waals surface area (Å²) in [4.78, 5) is 5.95. The lowest BCUT2D eigenvalue weighted by Crippen LogP contribution is -2.38. The highest BCUT2D eigenvalue weighted by Gasteiger charge is 2.40. The van der Waals surface area contributed by atoms with Gasteiger partial charge in [-0.25, -0.2) is 9.37 Å². The molecule has 8 rings (SSSR count). The SMILES string of the molecule is CCCCSc1ccc(-c2cnc3ccc(-c4cn(C(c5ccccc5)(c5ccccc5)c5ccccc5)nc4-c4ccc(F)cc4)cn23)s1. The van der Waals surface area contributed by atoms with Gasteiger partial charge in [-0.15, -0.1) is 23.1 Å². The molecule has 4 nitrogen and oxygen atoms in total. The summed E-state index contributed by atoms with van der Waals surface area (Å²) in [7, 11) is 0. The Morgan fingerprint density at radius 1 is 0.700 bits per heavy atom. The first-order chi connectivity index (χ1) is 24.6. The van der Waals surface area contributed by atoms with Crippen molar-refractivity contribution in [2.45, 2.75) is 29.5 Å². The number of thiophene rings is 1. The van der Waals surface area contributed by atoms with Crippen LogP contribution in [0.1, 0.15) is 36.5 Å². The van der Waals surface area contributed by atoms with E-state index >= 15 is 0 Å². The van der Waals surface area contributed by atoms with Crippen molar-refractivity contribution in [2.24, 2.45) is 0 Å². The lowest BCUT2D eigenvalue weighted by Gasteiger charge is -2.36. The van der Waals surface area contributed by atoms with Crippen molar-refractivity contribution in [1.29, 1.82) is 0 Å². The van der Waals surface area contributed by atoms with Gasteiger partial charge in [-0.1, -0.05) is 104 Å². The minimum atomic E-state index is -0.802. The molecule has 246 valence electrons. The van der Waals surface area contributed by atoms with Crippen molar-refractivity contribution in [1.82, 2.24) is 19.2 Å². The zero-order valence-electron chi connectivity index (χ0n) is 27.6. The van der Waals surface area contributed by atoms with Crippen molar-refractivity contribution < 1.29 is 4.39 Å².